The van der Waals surface area contributed by atoms with E-state index in [1.807, 2.05) is 37.4 Å². The number of anilines is 1. The second-order valence-electron chi connectivity index (χ2n) is 5.70. The molecule has 0 aliphatic rings. The lowest BCUT2D eigenvalue weighted by Crippen LogP contribution is -2.39. The van der Waals surface area contributed by atoms with Crippen molar-refractivity contribution in [2.45, 2.75) is 20.8 Å². The molecule has 8 heteroatoms. The second-order valence-corrected chi connectivity index (χ2v) is 8.55. The number of nitrogens with one attached hydrogen (secondary N) is 1. The highest BCUT2D eigenvalue weighted by molar-refractivity contribution is 7.92. The maximum atomic E-state index is 12.2. The Labute approximate surface area is 152 Å². The number of benzene rings is 1. The van der Waals surface area contributed by atoms with Crippen LogP contribution in [0, 0.1) is 13.8 Å². The fraction of sp³-hybridized carbons (Fsp3) is 0.294. The van der Waals surface area contributed by atoms with E-state index in [9.17, 15) is 13.2 Å². The van der Waals surface area contributed by atoms with Gasteiger partial charge in [-0.1, -0.05) is 18.2 Å². The summed E-state index contributed by atoms with van der Waals surface area (Å²) in [6.07, 6.45) is 1.09. The molecule has 0 saturated heterocycles. The number of aryl methyl sites for hydroxylation is 1. The summed E-state index contributed by atoms with van der Waals surface area (Å²) in [5.74, 6) is -0.498. The van der Waals surface area contributed by atoms with Gasteiger partial charge in [0.2, 0.25) is 10.0 Å². The summed E-state index contributed by atoms with van der Waals surface area (Å²) in [5.41, 5.74) is 5.37. The predicted octanol–water partition coefficient (Wildman–Crippen LogP) is 2.67. The summed E-state index contributed by atoms with van der Waals surface area (Å²) in [4.78, 5) is 13.2. The summed E-state index contributed by atoms with van der Waals surface area (Å²) in [6.45, 7) is 5.18. The normalized spacial score (nSPS) is 12.1. The number of carbonyl (C=O) groups is 1. The zero-order valence-corrected chi connectivity index (χ0v) is 16.2. The van der Waals surface area contributed by atoms with E-state index in [4.69, 9.17) is 0 Å². The molecular formula is C17H21N3O3S2. The molecule has 0 fully saturated rings. The van der Waals surface area contributed by atoms with Crippen LogP contribution in [0.2, 0.25) is 0 Å². The van der Waals surface area contributed by atoms with Crippen molar-refractivity contribution < 1.29 is 13.2 Å². The number of nitrogens with zero attached hydrogens (tertiary/aromatic N) is 2. The van der Waals surface area contributed by atoms with Crippen molar-refractivity contribution in [2.75, 3.05) is 17.1 Å². The van der Waals surface area contributed by atoms with Gasteiger partial charge in [0.15, 0.2) is 0 Å². The fourth-order valence-corrected chi connectivity index (χ4v) is 3.82. The average Bonchev–Trinajstić information content (AvgIpc) is 3.07. The lowest BCUT2D eigenvalue weighted by atomic mass is 10.1. The largest absolute Gasteiger partial charge is 0.271 e. The topological polar surface area (TPSA) is 78.8 Å². The third kappa shape index (κ3) is 4.90. The van der Waals surface area contributed by atoms with Gasteiger partial charge in [-0.05, 0) is 49.4 Å². The minimum atomic E-state index is -3.61. The molecule has 0 aliphatic heterocycles. The van der Waals surface area contributed by atoms with Gasteiger partial charge in [-0.2, -0.15) is 5.10 Å². The van der Waals surface area contributed by atoms with Gasteiger partial charge in [0.05, 0.1) is 17.7 Å². The average molecular weight is 380 g/mol. The Kier molecular flexibility index (Phi) is 5.97. The number of hydrazone groups is 1. The van der Waals surface area contributed by atoms with Crippen LogP contribution in [0.5, 0.6) is 0 Å². The number of sulfonamides is 1. The molecule has 1 aromatic carbocycles. The minimum Gasteiger partial charge on any atom is -0.271 e. The third-order valence-electron chi connectivity index (χ3n) is 3.76. The first-order chi connectivity index (χ1) is 11.7. The molecule has 6 nitrogen and oxygen atoms in total. The summed E-state index contributed by atoms with van der Waals surface area (Å²) in [7, 11) is -3.61. The summed E-state index contributed by atoms with van der Waals surface area (Å²) in [5, 5.41) is 5.96. The van der Waals surface area contributed by atoms with Gasteiger partial charge in [-0.15, -0.1) is 11.3 Å². The third-order valence-corrected chi connectivity index (χ3v) is 5.86. The Hall–Kier alpha value is -2.19. The molecule has 1 aromatic heterocycles. The maximum absolute atomic E-state index is 12.2. The Morgan fingerprint density at radius 3 is 2.56 bits per heavy atom. The van der Waals surface area contributed by atoms with Gasteiger partial charge in [0, 0.05) is 4.88 Å². The first-order valence-electron chi connectivity index (χ1n) is 7.61. The molecule has 0 radical (unpaired) electrons. The van der Waals surface area contributed by atoms with Crippen LogP contribution in [0.1, 0.15) is 22.9 Å². The van der Waals surface area contributed by atoms with E-state index < -0.39 is 15.9 Å². The molecule has 0 bridgehead atoms. The molecule has 0 spiro atoms. The van der Waals surface area contributed by atoms with Crippen LogP contribution in [-0.4, -0.2) is 32.8 Å². The molecule has 2 aromatic rings. The standard InChI is InChI=1S/C17H21N3O3S2/c1-12-7-5-8-15(13(12)2)20(25(4,22)23)11-17(21)19-18-14(3)16-9-6-10-24-16/h5-10H,11H2,1-4H3,(H,19,21)/b18-14-. The molecule has 0 saturated carbocycles. The lowest BCUT2D eigenvalue weighted by molar-refractivity contribution is -0.119. The first kappa shape index (κ1) is 19.1. The Balaban J connectivity index is 2.19. The first-order valence-corrected chi connectivity index (χ1v) is 10.3. The van der Waals surface area contributed by atoms with Crippen LogP contribution in [-0.2, 0) is 14.8 Å². The molecule has 0 atom stereocenters. The Morgan fingerprint density at radius 1 is 1.24 bits per heavy atom. The smallest absolute Gasteiger partial charge is 0.260 e. The zero-order chi connectivity index (χ0) is 18.6. The monoisotopic (exact) mass is 379 g/mol. The van der Waals surface area contributed by atoms with Crippen LogP contribution in [0.15, 0.2) is 40.8 Å². The highest BCUT2D eigenvalue weighted by Crippen LogP contribution is 2.24. The molecule has 0 unspecified atom stereocenters. The van der Waals surface area contributed by atoms with Gasteiger partial charge in [0.25, 0.3) is 5.91 Å². The van der Waals surface area contributed by atoms with Crippen molar-refractivity contribution in [2.24, 2.45) is 5.10 Å². The van der Waals surface area contributed by atoms with Crippen LogP contribution in [0.3, 0.4) is 0 Å². The minimum absolute atomic E-state index is 0.329. The highest BCUT2D eigenvalue weighted by atomic mass is 32.2. The molecule has 2 rings (SSSR count). The van der Waals surface area contributed by atoms with Crippen molar-refractivity contribution in [3.05, 3.63) is 51.7 Å². The van der Waals surface area contributed by atoms with Crippen LogP contribution in [0.25, 0.3) is 0 Å². The van der Waals surface area contributed by atoms with Crippen LogP contribution >= 0.6 is 11.3 Å². The van der Waals surface area contributed by atoms with Crippen molar-refractivity contribution >= 4 is 38.7 Å². The van der Waals surface area contributed by atoms with Crippen LogP contribution in [0.4, 0.5) is 5.69 Å². The van der Waals surface area contributed by atoms with E-state index in [0.29, 0.717) is 11.4 Å². The lowest BCUT2D eigenvalue weighted by Gasteiger charge is -2.24. The highest BCUT2D eigenvalue weighted by Gasteiger charge is 2.22. The molecule has 25 heavy (non-hydrogen) atoms. The number of hydrogen-bond acceptors (Lipinski definition) is 5. The second kappa shape index (κ2) is 7.79. The van der Waals surface area contributed by atoms with E-state index in [2.05, 4.69) is 10.5 Å². The van der Waals surface area contributed by atoms with Gasteiger partial charge in [-0.3, -0.25) is 9.10 Å². The van der Waals surface area contributed by atoms with E-state index in [1.165, 1.54) is 11.3 Å². The molecule has 1 N–H and O–H groups in total. The maximum Gasteiger partial charge on any atom is 0.260 e. The van der Waals surface area contributed by atoms with Gasteiger partial charge < -0.3 is 0 Å². The van der Waals surface area contributed by atoms with Crippen molar-refractivity contribution in [3.63, 3.8) is 0 Å². The van der Waals surface area contributed by atoms with Gasteiger partial charge in [0.1, 0.15) is 6.54 Å². The van der Waals surface area contributed by atoms with Gasteiger partial charge in [-0.25, -0.2) is 13.8 Å². The number of amides is 1. The molecule has 134 valence electrons. The summed E-state index contributed by atoms with van der Waals surface area (Å²) in [6, 6.07) is 9.15. The quantitative estimate of drug-likeness (QED) is 0.619. The number of carbonyl (C=O) groups excluding carboxylic acids is 1. The molecule has 0 aliphatic carbocycles. The molecule has 1 amide bonds. The van der Waals surface area contributed by atoms with E-state index >= 15 is 0 Å². The van der Waals surface area contributed by atoms with Crippen molar-refractivity contribution in [1.29, 1.82) is 0 Å². The van der Waals surface area contributed by atoms with Crippen molar-refractivity contribution in [3.8, 4) is 0 Å². The summed E-state index contributed by atoms with van der Waals surface area (Å²) < 4.78 is 25.4. The number of hydrogen-bond donors (Lipinski definition) is 1. The van der Waals surface area contributed by atoms with E-state index in [1.54, 1.807) is 19.1 Å². The van der Waals surface area contributed by atoms with Crippen molar-refractivity contribution in [1.82, 2.24) is 5.43 Å². The van der Waals surface area contributed by atoms with E-state index in [-0.39, 0.29) is 6.54 Å². The van der Waals surface area contributed by atoms with Gasteiger partial charge >= 0.3 is 0 Å². The van der Waals surface area contributed by atoms with E-state index in [0.717, 1.165) is 26.6 Å². The molecular weight excluding hydrogens is 358 g/mol. The Morgan fingerprint density at radius 2 is 1.96 bits per heavy atom. The predicted molar refractivity (Wildman–Crippen MR) is 103 cm³/mol. The Bertz CT molecular complexity index is 888. The molecule has 1 heterocycles. The summed E-state index contributed by atoms with van der Waals surface area (Å²) >= 11 is 1.51. The van der Waals surface area contributed by atoms with Crippen LogP contribution < -0.4 is 9.73 Å². The fourth-order valence-electron chi connectivity index (χ4n) is 2.24. The number of rotatable bonds is 6. The number of thiophene rings is 1. The SMILES string of the molecule is C/C(=N/NC(=O)CN(c1cccc(C)c1C)S(C)(=O)=O)c1cccs1. The zero-order valence-electron chi connectivity index (χ0n) is 14.6.